The third kappa shape index (κ3) is 6.17. The number of morpholine rings is 1. The predicted molar refractivity (Wildman–Crippen MR) is 78.1 cm³/mol. The second-order valence-corrected chi connectivity index (χ2v) is 5.51. The van der Waals surface area contributed by atoms with Crippen LogP contribution in [-0.4, -0.2) is 49.8 Å². The van der Waals surface area contributed by atoms with Crippen LogP contribution >= 0.6 is 0 Å². The van der Waals surface area contributed by atoms with Gasteiger partial charge in [-0.15, -0.1) is 0 Å². The van der Waals surface area contributed by atoms with Gasteiger partial charge in [0.25, 0.3) is 0 Å². The number of rotatable bonds is 9. The van der Waals surface area contributed by atoms with Crippen molar-refractivity contribution < 1.29 is 4.74 Å². The molecule has 108 valence electrons. The second-order valence-electron chi connectivity index (χ2n) is 5.51. The molecule has 0 aliphatic carbocycles. The Kier molecular flexibility index (Phi) is 8.64. The largest absolute Gasteiger partial charge is 0.376 e. The van der Waals surface area contributed by atoms with Crippen molar-refractivity contribution in [2.75, 3.05) is 32.8 Å². The molecule has 1 saturated heterocycles. The van der Waals surface area contributed by atoms with Crippen LogP contribution in [0.15, 0.2) is 0 Å². The Balaban J connectivity index is 2.05. The number of hydrogen-bond acceptors (Lipinski definition) is 3. The summed E-state index contributed by atoms with van der Waals surface area (Å²) in [6, 6.07) is 0.652. The summed E-state index contributed by atoms with van der Waals surface area (Å²) in [6.45, 7) is 12.3. The van der Waals surface area contributed by atoms with E-state index in [2.05, 4.69) is 31.0 Å². The molecular formula is C15H32N2O. The van der Waals surface area contributed by atoms with Gasteiger partial charge in [-0.3, -0.25) is 4.90 Å². The maximum atomic E-state index is 5.73. The molecule has 0 aromatic heterocycles. The molecule has 1 N–H and O–H groups in total. The standard InChI is InChI=1S/C15H32N2O/c1-4-9-16-10-7-6-8-11-17-12-14(3)18-13-15(17)5-2/h14-16H,4-13H2,1-3H3. The maximum Gasteiger partial charge on any atom is 0.0674 e. The molecule has 1 aliphatic heterocycles. The number of nitrogens with zero attached hydrogens (tertiary/aromatic N) is 1. The van der Waals surface area contributed by atoms with Crippen LogP contribution < -0.4 is 5.32 Å². The van der Waals surface area contributed by atoms with Gasteiger partial charge in [0.2, 0.25) is 0 Å². The van der Waals surface area contributed by atoms with Crippen molar-refractivity contribution >= 4 is 0 Å². The summed E-state index contributed by atoms with van der Waals surface area (Å²) in [5, 5.41) is 3.47. The zero-order valence-corrected chi connectivity index (χ0v) is 12.6. The van der Waals surface area contributed by atoms with E-state index in [0.717, 1.165) is 13.2 Å². The summed E-state index contributed by atoms with van der Waals surface area (Å²) in [5.74, 6) is 0. The van der Waals surface area contributed by atoms with Gasteiger partial charge in [-0.2, -0.15) is 0 Å². The van der Waals surface area contributed by atoms with Crippen LogP contribution in [0.25, 0.3) is 0 Å². The Morgan fingerprint density at radius 1 is 1.17 bits per heavy atom. The third-order valence-corrected chi connectivity index (χ3v) is 3.78. The van der Waals surface area contributed by atoms with Crippen molar-refractivity contribution in [2.45, 2.75) is 65.0 Å². The van der Waals surface area contributed by atoms with Crippen molar-refractivity contribution in [3.8, 4) is 0 Å². The Hall–Kier alpha value is -0.120. The van der Waals surface area contributed by atoms with Gasteiger partial charge in [-0.05, 0) is 52.2 Å². The van der Waals surface area contributed by atoms with Crippen LogP contribution in [0.3, 0.4) is 0 Å². The lowest BCUT2D eigenvalue weighted by Crippen LogP contribution is -2.48. The fraction of sp³-hybridized carbons (Fsp3) is 1.00. The molecule has 0 spiro atoms. The molecule has 2 atom stereocenters. The zero-order valence-electron chi connectivity index (χ0n) is 12.6. The molecule has 0 bridgehead atoms. The minimum Gasteiger partial charge on any atom is -0.376 e. The monoisotopic (exact) mass is 256 g/mol. The molecule has 0 aromatic rings. The average Bonchev–Trinajstić information content (AvgIpc) is 2.38. The Morgan fingerprint density at radius 3 is 2.72 bits per heavy atom. The zero-order chi connectivity index (χ0) is 13.2. The van der Waals surface area contributed by atoms with Crippen molar-refractivity contribution in [1.82, 2.24) is 10.2 Å². The third-order valence-electron chi connectivity index (χ3n) is 3.78. The van der Waals surface area contributed by atoms with Crippen LogP contribution in [0.1, 0.15) is 52.9 Å². The van der Waals surface area contributed by atoms with Crippen LogP contribution in [0.4, 0.5) is 0 Å². The first-order valence-corrected chi connectivity index (χ1v) is 7.84. The molecule has 0 radical (unpaired) electrons. The number of nitrogens with one attached hydrogen (secondary N) is 1. The van der Waals surface area contributed by atoms with Gasteiger partial charge >= 0.3 is 0 Å². The lowest BCUT2D eigenvalue weighted by atomic mass is 10.1. The van der Waals surface area contributed by atoms with Crippen LogP contribution in [0.5, 0.6) is 0 Å². The normalized spacial score (nSPS) is 25.5. The first-order chi connectivity index (χ1) is 8.77. The lowest BCUT2D eigenvalue weighted by Gasteiger charge is -2.38. The van der Waals surface area contributed by atoms with E-state index in [1.807, 2.05) is 0 Å². The van der Waals surface area contributed by atoms with E-state index in [0.29, 0.717) is 12.1 Å². The number of ether oxygens (including phenoxy) is 1. The molecule has 0 amide bonds. The molecule has 0 aromatic carbocycles. The number of hydrogen-bond donors (Lipinski definition) is 1. The van der Waals surface area contributed by atoms with E-state index < -0.39 is 0 Å². The first-order valence-electron chi connectivity index (χ1n) is 7.84. The Labute approximate surface area is 113 Å². The highest BCUT2D eigenvalue weighted by molar-refractivity contribution is 4.77. The minimum absolute atomic E-state index is 0.416. The first kappa shape index (κ1) is 15.9. The highest BCUT2D eigenvalue weighted by Crippen LogP contribution is 2.15. The van der Waals surface area contributed by atoms with E-state index in [9.17, 15) is 0 Å². The fourth-order valence-electron chi connectivity index (χ4n) is 2.61. The van der Waals surface area contributed by atoms with Crippen LogP contribution in [-0.2, 0) is 4.74 Å². The minimum atomic E-state index is 0.416. The summed E-state index contributed by atoms with van der Waals surface area (Å²) in [4.78, 5) is 2.63. The summed E-state index contributed by atoms with van der Waals surface area (Å²) >= 11 is 0. The smallest absolute Gasteiger partial charge is 0.0674 e. The Bertz CT molecular complexity index is 199. The molecule has 18 heavy (non-hydrogen) atoms. The Morgan fingerprint density at radius 2 is 2.00 bits per heavy atom. The van der Waals surface area contributed by atoms with Gasteiger partial charge in [0.1, 0.15) is 0 Å². The molecule has 3 heteroatoms. The highest BCUT2D eigenvalue weighted by atomic mass is 16.5. The van der Waals surface area contributed by atoms with E-state index in [1.165, 1.54) is 51.7 Å². The van der Waals surface area contributed by atoms with Crippen molar-refractivity contribution in [1.29, 1.82) is 0 Å². The van der Waals surface area contributed by atoms with Crippen molar-refractivity contribution in [3.05, 3.63) is 0 Å². The molecule has 2 unspecified atom stereocenters. The molecule has 1 fully saturated rings. The summed E-state index contributed by atoms with van der Waals surface area (Å²) in [5.41, 5.74) is 0. The fourth-order valence-corrected chi connectivity index (χ4v) is 2.61. The van der Waals surface area contributed by atoms with E-state index >= 15 is 0 Å². The maximum absolute atomic E-state index is 5.73. The number of unbranched alkanes of at least 4 members (excludes halogenated alkanes) is 2. The highest BCUT2D eigenvalue weighted by Gasteiger charge is 2.24. The van der Waals surface area contributed by atoms with Crippen molar-refractivity contribution in [3.63, 3.8) is 0 Å². The van der Waals surface area contributed by atoms with Crippen LogP contribution in [0.2, 0.25) is 0 Å². The molecule has 0 saturated carbocycles. The molecule has 1 heterocycles. The summed E-state index contributed by atoms with van der Waals surface area (Å²) < 4.78 is 5.73. The van der Waals surface area contributed by atoms with Gasteiger partial charge in [-0.1, -0.05) is 20.3 Å². The van der Waals surface area contributed by atoms with Gasteiger partial charge in [-0.25, -0.2) is 0 Å². The van der Waals surface area contributed by atoms with E-state index in [-0.39, 0.29) is 0 Å². The molecular weight excluding hydrogens is 224 g/mol. The van der Waals surface area contributed by atoms with Gasteiger partial charge < -0.3 is 10.1 Å². The lowest BCUT2D eigenvalue weighted by molar-refractivity contribution is -0.0561. The SMILES string of the molecule is CCCNCCCCCN1CC(C)OCC1CC. The van der Waals surface area contributed by atoms with E-state index in [1.54, 1.807) is 0 Å². The second kappa shape index (κ2) is 9.76. The summed E-state index contributed by atoms with van der Waals surface area (Å²) in [6.07, 6.45) is 6.86. The predicted octanol–water partition coefficient (Wildman–Crippen LogP) is 2.66. The van der Waals surface area contributed by atoms with E-state index in [4.69, 9.17) is 4.74 Å². The topological polar surface area (TPSA) is 24.5 Å². The van der Waals surface area contributed by atoms with Gasteiger partial charge in [0.15, 0.2) is 0 Å². The average molecular weight is 256 g/mol. The van der Waals surface area contributed by atoms with Gasteiger partial charge in [0.05, 0.1) is 12.7 Å². The summed E-state index contributed by atoms with van der Waals surface area (Å²) in [7, 11) is 0. The van der Waals surface area contributed by atoms with Crippen LogP contribution in [0, 0.1) is 0 Å². The molecule has 3 nitrogen and oxygen atoms in total. The molecule has 1 rings (SSSR count). The van der Waals surface area contributed by atoms with Crippen molar-refractivity contribution in [2.24, 2.45) is 0 Å². The van der Waals surface area contributed by atoms with Gasteiger partial charge in [0, 0.05) is 12.6 Å². The quantitative estimate of drug-likeness (QED) is 0.642. The molecule has 1 aliphatic rings.